The molecule has 0 aliphatic carbocycles. The summed E-state index contributed by atoms with van der Waals surface area (Å²) in [5.74, 6) is -0.280. The molecule has 0 aliphatic heterocycles. The summed E-state index contributed by atoms with van der Waals surface area (Å²) in [5, 5.41) is 19.5. The van der Waals surface area contributed by atoms with E-state index >= 15 is 0 Å². The lowest BCUT2D eigenvalue weighted by atomic mass is 10.2. The van der Waals surface area contributed by atoms with Crippen molar-refractivity contribution in [3.63, 3.8) is 0 Å². The van der Waals surface area contributed by atoms with E-state index < -0.39 is 0 Å². The lowest BCUT2D eigenvalue weighted by Crippen LogP contribution is -2.04. The van der Waals surface area contributed by atoms with Crippen molar-refractivity contribution in [2.75, 3.05) is 11.9 Å². The van der Waals surface area contributed by atoms with Crippen LogP contribution in [0.1, 0.15) is 11.3 Å². The lowest BCUT2D eigenvalue weighted by Gasteiger charge is -2.08. The molecule has 0 fully saturated rings. The van der Waals surface area contributed by atoms with Crippen molar-refractivity contribution in [1.29, 1.82) is 0 Å². The SMILES string of the molecule is Cc1cccc(F)c1NCc1cn(CCO)nn1. The van der Waals surface area contributed by atoms with Crippen LogP contribution in [0.5, 0.6) is 0 Å². The van der Waals surface area contributed by atoms with Gasteiger partial charge in [-0.15, -0.1) is 5.10 Å². The number of aliphatic hydroxyl groups excluding tert-OH is 1. The maximum Gasteiger partial charge on any atom is 0.146 e. The average molecular weight is 250 g/mol. The second kappa shape index (κ2) is 5.59. The number of aliphatic hydroxyl groups is 1. The molecule has 2 rings (SSSR count). The van der Waals surface area contributed by atoms with Gasteiger partial charge in [0.2, 0.25) is 0 Å². The molecule has 18 heavy (non-hydrogen) atoms. The van der Waals surface area contributed by atoms with Crippen LogP contribution >= 0.6 is 0 Å². The van der Waals surface area contributed by atoms with Gasteiger partial charge >= 0.3 is 0 Å². The van der Waals surface area contributed by atoms with Gasteiger partial charge in [0.25, 0.3) is 0 Å². The highest BCUT2D eigenvalue weighted by atomic mass is 19.1. The molecule has 5 nitrogen and oxygen atoms in total. The molecular weight excluding hydrogens is 235 g/mol. The summed E-state index contributed by atoms with van der Waals surface area (Å²) in [6.07, 6.45) is 1.72. The number of para-hydroxylation sites is 1. The van der Waals surface area contributed by atoms with Crippen LogP contribution in [-0.4, -0.2) is 26.7 Å². The molecule has 0 spiro atoms. The van der Waals surface area contributed by atoms with Crippen molar-refractivity contribution < 1.29 is 9.50 Å². The molecule has 6 heteroatoms. The fourth-order valence-electron chi connectivity index (χ4n) is 1.67. The number of benzene rings is 1. The zero-order valence-corrected chi connectivity index (χ0v) is 10.1. The van der Waals surface area contributed by atoms with Crippen LogP contribution in [0.4, 0.5) is 10.1 Å². The molecule has 0 radical (unpaired) electrons. The van der Waals surface area contributed by atoms with E-state index in [0.29, 0.717) is 24.5 Å². The fourth-order valence-corrected chi connectivity index (χ4v) is 1.67. The van der Waals surface area contributed by atoms with Crippen LogP contribution < -0.4 is 5.32 Å². The van der Waals surface area contributed by atoms with Crippen LogP contribution in [0.2, 0.25) is 0 Å². The Kier molecular flexibility index (Phi) is 3.88. The molecule has 1 heterocycles. The van der Waals surface area contributed by atoms with Crippen molar-refractivity contribution in [3.8, 4) is 0 Å². The number of hydrogen-bond acceptors (Lipinski definition) is 4. The molecule has 0 bridgehead atoms. The second-order valence-electron chi connectivity index (χ2n) is 3.98. The van der Waals surface area contributed by atoms with Crippen molar-refractivity contribution in [2.24, 2.45) is 0 Å². The normalized spacial score (nSPS) is 10.6. The third kappa shape index (κ3) is 2.84. The van der Waals surface area contributed by atoms with Gasteiger partial charge in [0.1, 0.15) is 11.5 Å². The Bertz CT molecular complexity index is 506. The number of aromatic nitrogens is 3. The first-order valence-electron chi connectivity index (χ1n) is 5.69. The predicted molar refractivity (Wildman–Crippen MR) is 65.6 cm³/mol. The van der Waals surface area contributed by atoms with Crippen LogP contribution in [0.15, 0.2) is 24.4 Å². The van der Waals surface area contributed by atoms with Crippen molar-refractivity contribution in [3.05, 3.63) is 41.5 Å². The monoisotopic (exact) mass is 250 g/mol. The number of aryl methyl sites for hydroxylation is 1. The Hall–Kier alpha value is -1.95. The van der Waals surface area contributed by atoms with Crippen molar-refractivity contribution >= 4 is 5.69 Å². The molecule has 1 aromatic carbocycles. The minimum atomic E-state index is -0.280. The Morgan fingerprint density at radius 3 is 3.00 bits per heavy atom. The summed E-state index contributed by atoms with van der Waals surface area (Å²) in [6, 6.07) is 4.93. The summed E-state index contributed by atoms with van der Waals surface area (Å²) >= 11 is 0. The Morgan fingerprint density at radius 1 is 1.44 bits per heavy atom. The predicted octanol–water partition coefficient (Wildman–Crippen LogP) is 1.33. The van der Waals surface area contributed by atoms with Crippen molar-refractivity contribution in [2.45, 2.75) is 20.0 Å². The third-order valence-corrected chi connectivity index (χ3v) is 2.58. The van der Waals surface area contributed by atoms with E-state index in [1.807, 2.05) is 13.0 Å². The van der Waals surface area contributed by atoms with Crippen molar-refractivity contribution in [1.82, 2.24) is 15.0 Å². The molecule has 2 aromatic rings. The molecule has 96 valence electrons. The number of rotatable bonds is 5. The molecule has 0 atom stereocenters. The molecule has 0 saturated heterocycles. The van der Waals surface area contributed by atoms with E-state index in [-0.39, 0.29) is 12.4 Å². The number of hydrogen-bond donors (Lipinski definition) is 2. The summed E-state index contributed by atoms with van der Waals surface area (Å²) < 4.78 is 15.1. The standard InChI is InChI=1S/C12H15FN4O/c1-9-3-2-4-11(13)12(9)14-7-10-8-17(5-6-18)16-15-10/h2-4,8,14,18H,5-7H2,1H3. The molecule has 0 saturated carbocycles. The zero-order chi connectivity index (χ0) is 13.0. The van der Waals surface area contributed by atoms with Gasteiger partial charge in [-0.05, 0) is 18.6 Å². The van der Waals surface area contributed by atoms with E-state index in [9.17, 15) is 4.39 Å². The molecule has 0 aliphatic rings. The zero-order valence-electron chi connectivity index (χ0n) is 10.1. The average Bonchev–Trinajstić information content (AvgIpc) is 2.77. The lowest BCUT2D eigenvalue weighted by molar-refractivity contribution is 0.268. The summed E-state index contributed by atoms with van der Waals surface area (Å²) in [7, 11) is 0. The van der Waals surface area contributed by atoms with Gasteiger partial charge in [-0.1, -0.05) is 17.3 Å². The van der Waals surface area contributed by atoms with Crippen LogP contribution in [-0.2, 0) is 13.1 Å². The number of nitrogens with one attached hydrogen (secondary N) is 1. The Labute approximate surface area is 104 Å². The van der Waals surface area contributed by atoms with E-state index in [1.165, 1.54) is 6.07 Å². The van der Waals surface area contributed by atoms with Gasteiger partial charge in [0, 0.05) is 0 Å². The number of anilines is 1. The topological polar surface area (TPSA) is 63.0 Å². The Morgan fingerprint density at radius 2 is 2.28 bits per heavy atom. The highest BCUT2D eigenvalue weighted by Crippen LogP contribution is 2.19. The van der Waals surface area contributed by atoms with Gasteiger partial charge in [-0.2, -0.15) is 0 Å². The second-order valence-corrected chi connectivity index (χ2v) is 3.98. The summed E-state index contributed by atoms with van der Waals surface area (Å²) in [5.41, 5.74) is 2.03. The first kappa shape index (κ1) is 12.5. The summed E-state index contributed by atoms with van der Waals surface area (Å²) in [6.45, 7) is 2.66. The smallest absolute Gasteiger partial charge is 0.146 e. The first-order valence-corrected chi connectivity index (χ1v) is 5.69. The van der Waals surface area contributed by atoms with Gasteiger partial charge in [-0.25, -0.2) is 9.07 Å². The quantitative estimate of drug-likeness (QED) is 0.840. The van der Waals surface area contributed by atoms with Gasteiger partial charge < -0.3 is 10.4 Å². The van der Waals surface area contributed by atoms with Crippen LogP contribution in [0, 0.1) is 12.7 Å². The van der Waals surface area contributed by atoms with Crippen LogP contribution in [0.25, 0.3) is 0 Å². The summed E-state index contributed by atoms with van der Waals surface area (Å²) in [4.78, 5) is 0. The maximum absolute atomic E-state index is 13.5. The minimum absolute atomic E-state index is 0.0165. The molecule has 0 unspecified atom stereocenters. The minimum Gasteiger partial charge on any atom is -0.394 e. The first-order chi connectivity index (χ1) is 8.70. The van der Waals surface area contributed by atoms with Crippen LogP contribution in [0.3, 0.4) is 0 Å². The largest absolute Gasteiger partial charge is 0.394 e. The van der Waals surface area contributed by atoms with E-state index in [4.69, 9.17) is 5.11 Å². The number of halogens is 1. The van der Waals surface area contributed by atoms with Gasteiger partial charge in [0.05, 0.1) is 31.6 Å². The molecular formula is C12H15FN4O. The van der Waals surface area contributed by atoms with Gasteiger partial charge in [-0.3, -0.25) is 0 Å². The highest BCUT2D eigenvalue weighted by molar-refractivity contribution is 5.51. The third-order valence-electron chi connectivity index (χ3n) is 2.58. The van der Waals surface area contributed by atoms with E-state index in [0.717, 1.165) is 5.56 Å². The number of nitrogens with zero attached hydrogens (tertiary/aromatic N) is 3. The van der Waals surface area contributed by atoms with Gasteiger partial charge in [0.15, 0.2) is 0 Å². The van der Waals surface area contributed by atoms with E-state index in [1.54, 1.807) is 16.9 Å². The molecule has 2 N–H and O–H groups in total. The molecule has 1 aromatic heterocycles. The van der Waals surface area contributed by atoms with E-state index in [2.05, 4.69) is 15.6 Å². The fraction of sp³-hybridized carbons (Fsp3) is 0.333. The Balaban J connectivity index is 2.02. The maximum atomic E-state index is 13.5. The molecule has 0 amide bonds. The highest BCUT2D eigenvalue weighted by Gasteiger charge is 2.06.